The van der Waals surface area contributed by atoms with E-state index in [1.54, 1.807) is 6.20 Å². The molecular formula is C12H17N5O. The summed E-state index contributed by atoms with van der Waals surface area (Å²) in [6.45, 7) is 5.66. The van der Waals surface area contributed by atoms with E-state index in [4.69, 9.17) is 10.00 Å². The molecule has 0 radical (unpaired) electrons. The predicted molar refractivity (Wildman–Crippen MR) is 67.1 cm³/mol. The highest BCUT2D eigenvalue weighted by atomic mass is 16.5. The van der Waals surface area contributed by atoms with Crippen molar-refractivity contribution in [3.05, 3.63) is 18.1 Å². The monoisotopic (exact) mass is 247 g/mol. The molecule has 0 bridgehead atoms. The van der Waals surface area contributed by atoms with Gasteiger partial charge >= 0.3 is 0 Å². The number of aromatic nitrogens is 2. The highest BCUT2D eigenvalue weighted by molar-refractivity contribution is 5.32. The van der Waals surface area contributed by atoms with Gasteiger partial charge in [0.25, 0.3) is 0 Å². The Morgan fingerprint density at radius 3 is 2.83 bits per heavy atom. The second-order valence-electron chi connectivity index (χ2n) is 4.13. The molecular weight excluding hydrogens is 230 g/mol. The van der Waals surface area contributed by atoms with Gasteiger partial charge in [-0.2, -0.15) is 5.26 Å². The molecule has 1 N–H and O–H groups in total. The zero-order valence-electron chi connectivity index (χ0n) is 10.3. The first-order valence-electron chi connectivity index (χ1n) is 6.14. The average molecular weight is 247 g/mol. The number of nitrogens with one attached hydrogen (secondary N) is 1. The van der Waals surface area contributed by atoms with E-state index < -0.39 is 0 Å². The number of anilines is 1. The molecule has 1 aliphatic heterocycles. The summed E-state index contributed by atoms with van der Waals surface area (Å²) in [4.78, 5) is 10.5. The molecule has 6 heteroatoms. The second-order valence-corrected chi connectivity index (χ2v) is 4.13. The fraction of sp³-hybridized carbons (Fsp3) is 0.583. The summed E-state index contributed by atoms with van der Waals surface area (Å²) in [5.74, 6) is 0.718. The summed E-state index contributed by atoms with van der Waals surface area (Å²) in [7, 11) is 0. The van der Waals surface area contributed by atoms with E-state index in [1.807, 2.05) is 6.07 Å². The molecule has 0 aromatic carbocycles. The van der Waals surface area contributed by atoms with Gasteiger partial charge < -0.3 is 10.1 Å². The molecule has 1 aromatic heterocycles. The van der Waals surface area contributed by atoms with Crippen molar-refractivity contribution in [1.29, 1.82) is 5.26 Å². The van der Waals surface area contributed by atoms with Crippen molar-refractivity contribution >= 4 is 5.82 Å². The van der Waals surface area contributed by atoms with Crippen LogP contribution in [0.1, 0.15) is 12.1 Å². The number of hydrogen-bond acceptors (Lipinski definition) is 6. The Hall–Kier alpha value is -1.71. The number of nitriles is 1. The van der Waals surface area contributed by atoms with Gasteiger partial charge in [0.2, 0.25) is 0 Å². The van der Waals surface area contributed by atoms with Gasteiger partial charge in [-0.05, 0) is 13.0 Å². The second kappa shape index (κ2) is 6.89. The summed E-state index contributed by atoms with van der Waals surface area (Å²) in [6.07, 6.45) is 4.12. The molecule has 0 spiro atoms. The van der Waals surface area contributed by atoms with Gasteiger partial charge in [-0.3, -0.25) is 4.90 Å². The highest BCUT2D eigenvalue weighted by Crippen LogP contribution is 2.01. The van der Waals surface area contributed by atoms with E-state index >= 15 is 0 Å². The molecule has 1 aromatic rings. The first-order chi connectivity index (χ1) is 8.88. The average Bonchev–Trinajstić information content (AvgIpc) is 2.45. The van der Waals surface area contributed by atoms with E-state index in [2.05, 4.69) is 20.2 Å². The molecule has 0 amide bonds. The number of morpholine rings is 1. The fourth-order valence-corrected chi connectivity index (χ4v) is 1.82. The van der Waals surface area contributed by atoms with E-state index in [0.29, 0.717) is 5.69 Å². The quantitative estimate of drug-likeness (QED) is 0.763. The van der Waals surface area contributed by atoms with Crippen molar-refractivity contribution in [2.75, 3.05) is 44.7 Å². The minimum atomic E-state index is 0.342. The zero-order valence-corrected chi connectivity index (χ0v) is 10.3. The Balaban J connectivity index is 1.63. The van der Waals surface area contributed by atoms with Crippen LogP contribution in [-0.2, 0) is 4.74 Å². The molecule has 6 nitrogen and oxygen atoms in total. The summed E-state index contributed by atoms with van der Waals surface area (Å²) in [5, 5.41) is 11.8. The molecule has 2 rings (SSSR count). The molecule has 1 saturated heterocycles. The SMILES string of the molecule is N#Cc1cnc(NCCCN2CCOCC2)cn1. The van der Waals surface area contributed by atoms with Crippen LogP contribution in [-0.4, -0.2) is 54.3 Å². The Labute approximate surface area is 107 Å². The zero-order chi connectivity index (χ0) is 12.6. The van der Waals surface area contributed by atoms with E-state index in [-0.39, 0.29) is 0 Å². The van der Waals surface area contributed by atoms with Gasteiger partial charge in [-0.25, -0.2) is 9.97 Å². The number of rotatable bonds is 5. The largest absolute Gasteiger partial charge is 0.379 e. The lowest BCUT2D eigenvalue weighted by Gasteiger charge is -2.26. The Morgan fingerprint density at radius 2 is 2.17 bits per heavy atom. The summed E-state index contributed by atoms with van der Waals surface area (Å²) < 4.78 is 5.30. The third kappa shape index (κ3) is 3.95. The summed E-state index contributed by atoms with van der Waals surface area (Å²) >= 11 is 0. The van der Waals surface area contributed by atoms with Gasteiger partial charge in [0.1, 0.15) is 11.9 Å². The van der Waals surface area contributed by atoms with Gasteiger partial charge in [-0.1, -0.05) is 0 Å². The molecule has 0 aliphatic carbocycles. The minimum Gasteiger partial charge on any atom is -0.379 e. The normalized spacial score (nSPS) is 16.2. The van der Waals surface area contributed by atoms with Crippen molar-refractivity contribution in [3.63, 3.8) is 0 Å². The van der Waals surface area contributed by atoms with Crippen molar-refractivity contribution in [1.82, 2.24) is 14.9 Å². The van der Waals surface area contributed by atoms with Crippen LogP contribution in [0.5, 0.6) is 0 Å². The molecule has 18 heavy (non-hydrogen) atoms. The van der Waals surface area contributed by atoms with Crippen molar-refractivity contribution < 1.29 is 4.74 Å². The lowest BCUT2D eigenvalue weighted by molar-refractivity contribution is 0.0378. The molecule has 2 heterocycles. The van der Waals surface area contributed by atoms with Crippen LogP contribution in [0, 0.1) is 11.3 Å². The summed E-state index contributed by atoms with van der Waals surface area (Å²) in [6, 6.07) is 1.94. The molecule has 1 aliphatic rings. The maximum Gasteiger partial charge on any atom is 0.158 e. The van der Waals surface area contributed by atoms with Gasteiger partial charge in [0.15, 0.2) is 5.69 Å². The lowest BCUT2D eigenvalue weighted by atomic mass is 10.3. The van der Waals surface area contributed by atoms with Gasteiger partial charge in [0.05, 0.1) is 25.6 Å². The smallest absolute Gasteiger partial charge is 0.158 e. The minimum absolute atomic E-state index is 0.342. The van der Waals surface area contributed by atoms with Crippen LogP contribution in [0.25, 0.3) is 0 Å². The standard InChI is InChI=1S/C12H17N5O/c13-8-11-9-16-12(10-15-11)14-2-1-3-17-4-6-18-7-5-17/h9-10H,1-7H2,(H,14,16). The van der Waals surface area contributed by atoms with Crippen LogP contribution in [0.4, 0.5) is 5.82 Å². The number of nitrogens with zero attached hydrogens (tertiary/aromatic N) is 4. The molecule has 1 fully saturated rings. The summed E-state index contributed by atoms with van der Waals surface area (Å²) in [5.41, 5.74) is 0.342. The first kappa shape index (κ1) is 12.7. The first-order valence-corrected chi connectivity index (χ1v) is 6.14. The van der Waals surface area contributed by atoms with E-state index in [9.17, 15) is 0 Å². The van der Waals surface area contributed by atoms with Crippen molar-refractivity contribution in [2.45, 2.75) is 6.42 Å². The maximum atomic E-state index is 8.60. The Bertz CT molecular complexity index is 394. The molecule has 0 saturated carbocycles. The predicted octanol–water partition coefficient (Wildman–Crippen LogP) is 0.482. The van der Waals surface area contributed by atoms with Crippen LogP contribution < -0.4 is 5.32 Å². The van der Waals surface area contributed by atoms with Crippen LogP contribution in [0.15, 0.2) is 12.4 Å². The Kier molecular flexibility index (Phi) is 4.88. The van der Waals surface area contributed by atoms with E-state index in [0.717, 1.165) is 51.6 Å². The van der Waals surface area contributed by atoms with Crippen LogP contribution >= 0.6 is 0 Å². The van der Waals surface area contributed by atoms with Gasteiger partial charge in [-0.15, -0.1) is 0 Å². The fourth-order valence-electron chi connectivity index (χ4n) is 1.82. The number of ether oxygens (including phenoxy) is 1. The molecule has 0 atom stereocenters. The van der Waals surface area contributed by atoms with Gasteiger partial charge in [0, 0.05) is 19.6 Å². The highest BCUT2D eigenvalue weighted by Gasteiger charge is 2.08. The topological polar surface area (TPSA) is 74.1 Å². The maximum absolute atomic E-state index is 8.60. The van der Waals surface area contributed by atoms with Crippen molar-refractivity contribution in [3.8, 4) is 6.07 Å². The van der Waals surface area contributed by atoms with Crippen LogP contribution in [0.2, 0.25) is 0 Å². The van der Waals surface area contributed by atoms with Crippen molar-refractivity contribution in [2.24, 2.45) is 0 Å². The molecule has 0 unspecified atom stereocenters. The Morgan fingerprint density at radius 1 is 1.33 bits per heavy atom. The lowest BCUT2D eigenvalue weighted by Crippen LogP contribution is -2.37. The third-order valence-electron chi connectivity index (χ3n) is 2.83. The molecule has 96 valence electrons. The van der Waals surface area contributed by atoms with E-state index in [1.165, 1.54) is 6.20 Å². The third-order valence-corrected chi connectivity index (χ3v) is 2.83. The van der Waals surface area contributed by atoms with Crippen LogP contribution in [0.3, 0.4) is 0 Å². The number of hydrogen-bond donors (Lipinski definition) is 1.